The minimum Gasteiger partial charge on any atom is -0.478 e. The summed E-state index contributed by atoms with van der Waals surface area (Å²) in [5.41, 5.74) is 0.587. The Morgan fingerprint density at radius 2 is 1.57 bits per heavy atom. The fourth-order valence-corrected chi connectivity index (χ4v) is 2.13. The van der Waals surface area contributed by atoms with Gasteiger partial charge in [-0.2, -0.15) is 0 Å². The fourth-order valence-electron chi connectivity index (χ4n) is 0.987. The number of carbonyl (C=O) groups is 2. The van der Waals surface area contributed by atoms with E-state index in [2.05, 4.69) is 31.9 Å². The Bertz CT molecular complexity index is 374. The highest BCUT2D eigenvalue weighted by atomic mass is 79.9. The molecule has 3 nitrogen and oxygen atoms in total. The average molecular weight is 322 g/mol. The van der Waals surface area contributed by atoms with Gasteiger partial charge in [0.15, 0.2) is 5.78 Å². The monoisotopic (exact) mass is 320 g/mol. The van der Waals surface area contributed by atoms with Crippen LogP contribution in [0.5, 0.6) is 0 Å². The molecule has 0 atom stereocenters. The molecule has 0 aromatic heterocycles. The van der Waals surface area contributed by atoms with Gasteiger partial charge in [0.1, 0.15) is 0 Å². The van der Waals surface area contributed by atoms with Gasteiger partial charge < -0.3 is 5.11 Å². The second-order valence-corrected chi connectivity index (χ2v) is 4.24. The zero-order chi connectivity index (χ0) is 10.9. The number of carbonyl (C=O) groups excluding carboxylic acids is 1. The molecular formula is C9H6Br2O3. The molecule has 0 amide bonds. The lowest BCUT2D eigenvalue weighted by atomic mass is 10.1. The maximum atomic E-state index is 11.1. The topological polar surface area (TPSA) is 54.4 Å². The minimum absolute atomic E-state index is 0.116. The standard InChI is InChI=1S/C9H6Br2O3/c1-4(12)5-2-3-6(9(13)14)8(11)7(5)10/h2-3H,1H3,(H,13,14). The SMILES string of the molecule is CC(=O)c1ccc(C(=O)O)c(Br)c1Br. The predicted octanol–water partition coefficient (Wildman–Crippen LogP) is 3.11. The number of benzene rings is 1. The smallest absolute Gasteiger partial charge is 0.336 e. The van der Waals surface area contributed by atoms with E-state index < -0.39 is 5.97 Å². The van der Waals surface area contributed by atoms with Crippen LogP contribution in [-0.2, 0) is 0 Å². The number of carboxylic acids is 1. The van der Waals surface area contributed by atoms with Crippen molar-refractivity contribution in [2.45, 2.75) is 6.92 Å². The quantitative estimate of drug-likeness (QED) is 0.851. The number of carboxylic acid groups (broad SMARTS) is 1. The molecule has 0 fully saturated rings. The Morgan fingerprint density at radius 1 is 1.14 bits per heavy atom. The first kappa shape index (κ1) is 11.4. The van der Waals surface area contributed by atoms with Gasteiger partial charge in [0.2, 0.25) is 0 Å². The molecule has 1 aromatic carbocycles. The molecule has 1 aromatic rings. The Labute approximate surface area is 97.4 Å². The largest absolute Gasteiger partial charge is 0.478 e. The van der Waals surface area contributed by atoms with Crippen LogP contribution in [0.25, 0.3) is 0 Å². The van der Waals surface area contributed by atoms with E-state index in [1.807, 2.05) is 0 Å². The highest BCUT2D eigenvalue weighted by Gasteiger charge is 2.15. The van der Waals surface area contributed by atoms with E-state index in [1.54, 1.807) is 0 Å². The predicted molar refractivity (Wildman–Crippen MR) is 58.8 cm³/mol. The molecule has 1 N–H and O–H groups in total. The highest BCUT2D eigenvalue weighted by molar-refractivity contribution is 9.13. The highest BCUT2D eigenvalue weighted by Crippen LogP contribution is 2.30. The lowest BCUT2D eigenvalue weighted by Crippen LogP contribution is -2.02. The van der Waals surface area contributed by atoms with Gasteiger partial charge in [-0.05, 0) is 50.9 Å². The maximum Gasteiger partial charge on any atom is 0.336 e. The summed E-state index contributed by atoms with van der Waals surface area (Å²) >= 11 is 6.29. The Kier molecular flexibility index (Phi) is 3.44. The summed E-state index contributed by atoms with van der Waals surface area (Å²) in [5.74, 6) is -1.15. The zero-order valence-electron chi connectivity index (χ0n) is 7.17. The van der Waals surface area contributed by atoms with E-state index in [-0.39, 0.29) is 11.3 Å². The number of aromatic carboxylic acids is 1. The molecular weight excluding hydrogens is 316 g/mol. The number of halogens is 2. The molecule has 14 heavy (non-hydrogen) atoms. The Morgan fingerprint density at radius 3 is 2.00 bits per heavy atom. The molecule has 5 heteroatoms. The number of ketones is 1. The van der Waals surface area contributed by atoms with E-state index >= 15 is 0 Å². The third-order valence-corrected chi connectivity index (χ3v) is 3.87. The van der Waals surface area contributed by atoms with Crippen molar-refractivity contribution >= 4 is 43.6 Å². The summed E-state index contributed by atoms with van der Waals surface area (Å²) in [6, 6.07) is 2.88. The van der Waals surface area contributed by atoms with Gasteiger partial charge in [0, 0.05) is 14.5 Å². The molecule has 0 bridgehead atoms. The lowest BCUT2D eigenvalue weighted by Gasteiger charge is -2.05. The summed E-state index contributed by atoms with van der Waals surface area (Å²) in [6.45, 7) is 1.42. The van der Waals surface area contributed by atoms with Crippen LogP contribution in [0.2, 0.25) is 0 Å². The Hall–Kier alpha value is -0.680. The molecule has 0 aliphatic heterocycles. The van der Waals surface area contributed by atoms with Crippen molar-refractivity contribution in [3.63, 3.8) is 0 Å². The first-order valence-electron chi connectivity index (χ1n) is 3.67. The van der Waals surface area contributed by atoms with Crippen molar-refractivity contribution in [3.05, 3.63) is 32.2 Å². The van der Waals surface area contributed by atoms with E-state index in [9.17, 15) is 9.59 Å². The summed E-state index contributed by atoms with van der Waals surface area (Å²) in [5, 5.41) is 8.78. The minimum atomic E-state index is -1.03. The molecule has 0 radical (unpaired) electrons. The number of Topliss-reactive ketones (excluding diaryl/α,β-unsaturated/α-hetero) is 1. The van der Waals surface area contributed by atoms with Gasteiger partial charge >= 0.3 is 5.97 Å². The first-order chi connectivity index (χ1) is 6.45. The van der Waals surface area contributed by atoms with E-state index in [0.717, 1.165) is 0 Å². The van der Waals surface area contributed by atoms with Crippen LogP contribution in [0.3, 0.4) is 0 Å². The average Bonchev–Trinajstić information content (AvgIpc) is 2.08. The lowest BCUT2D eigenvalue weighted by molar-refractivity contribution is 0.0695. The summed E-state index contributed by atoms with van der Waals surface area (Å²) in [6.07, 6.45) is 0. The molecule has 0 saturated carbocycles. The van der Waals surface area contributed by atoms with E-state index in [1.165, 1.54) is 19.1 Å². The molecule has 0 aliphatic rings. The van der Waals surface area contributed by atoms with Crippen LogP contribution in [-0.4, -0.2) is 16.9 Å². The third kappa shape index (κ3) is 2.04. The maximum absolute atomic E-state index is 11.1. The van der Waals surface area contributed by atoms with Gasteiger partial charge in [-0.1, -0.05) is 0 Å². The molecule has 0 unspecified atom stereocenters. The molecule has 0 saturated heterocycles. The van der Waals surface area contributed by atoms with Crippen molar-refractivity contribution in [1.29, 1.82) is 0 Å². The second kappa shape index (κ2) is 4.23. The van der Waals surface area contributed by atoms with Gasteiger partial charge in [0.25, 0.3) is 0 Å². The zero-order valence-corrected chi connectivity index (χ0v) is 10.3. The van der Waals surface area contributed by atoms with Crippen molar-refractivity contribution in [1.82, 2.24) is 0 Å². The summed E-state index contributed by atoms with van der Waals surface area (Å²) in [7, 11) is 0. The van der Waals surface area contributed by atoms with E-state index in [4.69, 9.17) is 5.11 Å². The fraction of sp³-hybridized carbons (Fsp3) is 0.111. The van der Waals surface area contributed by atoms with Crippen molar-refractivity contribution < 1.29 is 14.7 Å². The van der Waals surface area contributed by atoms with Crippen LogP contribution in [0.4, 0.5) is 0 Å². The molecule has 0 spiro atoms. The van der Waals surface area contributed by atoms with E-state index in [0.29, 0.717) is 14.5 Å². The molecule has 0 aliphatic carbocycles. The van der Waals surface area contributed by atoms with Crippen LogP contribution in [0.1, 0.15) is 27.6 Å². The van der Waals surface area contributed by atoms with Gasteiger partial charge in [-0.15, -0.1) is 0 Å². The molecule has 74 valence electrons. The van der Waals surface area contributed by atoms with Gasteiger partial charge in [-0.25, -0.2) is 4.79 Å². The summed E-state index contributed by atoms with van der Waals surface area (Å²) in [4.78, 5) is 21.8. The molecule has 0 heterocycles. The van der Waals surface area contributed by atoms with Crippen molar-refractivity contribution in [2.75, 3.05) is 0 Å². The van der Waals surface area contributed by atoms with Crippen LogP contribution >= 0.6 is 31.9 Å². The molecule has 1 rings (SSSR count). The van der Waals surface area contributed by atoms with Gasteiger partial charge in [-0.3, -0.25) is 4.79 Å². The first-order valence-corrected chi connectivity index (χ1v) is 5.26. The van der Waals surface area contributed by atoms with Crippen LogP contribution < -0.4 is 0 Å². The van der Waals surface area contributed by atoms with Crippen LogP contribution in [0.15, 0.2) is 21.1 Å². The van der Waals surface area contributed by atoms with Crippen molar-refractivity contribution in [3.8, 4) is 0 Å². The Balaban J connectivity index is 3.41. The second-order valence-electron chi connectivity index (χ2n) is 2.65. The van der Waals surface area contributed by atoms with Crippen molar-refractivity contribution in [2.24, 2.45) is 0 Å². The van der Waals surface area contributed by atoms with Gasteiger partial charge in [0.05, 0.1) is 5.56 Å². The number of rotatable bonds is 2. The number of hydrogen-bond donors (Lipinski definition) is 1. The van der Waals surface area contributed by atoms with Crippen LogP contribution in [0, 0.1) is 0 Å². The normalized spacial score (nSPS) is 9.93. The number of hydrogen-bond acceptors (Lipinski definition) is 2. The third-order valence-electron chi connectivity index (χ3n) is 1.69. The summed E-state index contributed by atoms with van der Waals surface area (Å²) < 4.78 is 0.864.